The Hall–Kier alpha value is -3.21. The van der Waals surface area contributed by atoms with E-state index in [0.29, 0.717) is 18.4 Å². The van der Waals surface area contributed by atoms with Gasteiger partial charge in [-0.1, -0.05) is 36.4 Å². The Balaban J connectivity index is 2.05. The number of hydrogen-bond acceptors (Lipinski definition) is 5. The second kappa shape index (κ2) is 6.75. The van der Waals surface area contributed by atoms with Gasteiger partial charge in [0.2, 0.25) is 0 Å². The number of nitrogens with zero attached hydrogens (tertiary/aromatic N) is 1. The van der Waals surface area contributed by atoms with E-state index in [-0.39, 0.29) is 0 Å². The highest BCUT2D eigenvalue weighted by Crippen LogP contribution is 2.45. The molecule has 0 radical (unpaired) electrons. The Morgan fingerprint density at radius 2 is 1.68 bits per heavy atom. The van der Waals surface area contributed by atoms with Crippen LogP contribution in [0.3, 0.4) is 0 Å². The van der Waals surface area contributed by atoms with E-state index in [1.54, 1.807) is 0 Å². The summed E-state index contributed by atoms with van der Waals surface area (Å²) in [5.74, 6) is -1.18. The second-order valence-corrected chi connectivity index (χ2v) is 7.07. The van der Waals surface area contributed by atoms with Crippen LogP contribution in [0.15, 0.2) is 48.5 Å². The van der Waals surface area contributed by atoms with E-state index in [0.717, 1.165) is 33.3 Å². The molecule has 0 atom stereocenters. The van der Waals surface area contributed by atoms with Crippen molar-refractivity contribution >= 4 is 22.8 Å². The lowest BCUT2D eigenvalue weighted by molar-refractivity contribution is -0.162. The van der Waals surface area contributed by atoms with Crippen molar-refractivity contribution in [3.63, 3.8) is 0 Å². The van der Waals surface area contributed by atoms with E-state index in [2.05, 4.69) is 6.07 Å². The molecule has 0 spiro atoms. The van der Waals surface area contributed by atoms with Crippen molar-refractivity contribution < 1.29 is 19.1 Å². The molecular formula is C23H21NO4. The minimum atomic E-state index is -1.46. The molecule has 0 amide bonds. The molecule has 0 bridgehead atoms. The number of methoxy groups -OCH3 is 2. The first-order chi connectivity index (χ1) is 13.5. The van der Waals surface area contributed by atoms with E-state index >= 15 is 0 Å². The van der Waals surface area contributed by atoms with Crippen LogP contribution >= 0.6 is 0 Å². The molecule has 5 nitrogen and oxygen atoms in total. The largest absolute Gasteiger partial charge is 0.468 e. The number of carbonyl (C=O) groups excluding carboxylic acids is 2. The molecule has 5 heteroatoms. The first-order valence-electron chi connectivity index (χ1n) is 9.19. The molecular weight excluding hydrogens is 354 g/mol. The summed E-state index contributed by atoms with van der Waals surface area (Å²) >= 11 is 0. The van der Waals surface area contributed by atoms with Gasteiger partial charge in [0.1, 0.15) is 0 Å². The maximum atomic E-state index is 12.8. The van der Waals surface area contributed by atoms with Crippen LogP contribution in [-0.4, -0.2) is 31.1 Å². The number of pyridine rings is 1. The number of hydrogen-bond donors (Lipinski definition) is 0. The number of aryl methyl sites for hydroxylation is 2. The van der Waals surface area contributed by atoms with Gasteiger partial charge >= 0.3 is 11.9 Å². The van der Waals surface area contributed by atoms with E-state index in [1.165, 1.54) is 14.2 Å². The Bertz CT molecular complexity index is 1070. The minimum absolute atomic E-state index is 0.303. The molecule has 28 heavy (non-hydrogen) atoms. The van der Waals surface area contributed by atoms with Crippen molar-refractivity contribution in [1.29, 1.82) is 0 Å². The zero-order chi connectivity index (χ0) is 19.9. The Labute approximate surface area is 163 Å². The Morgan fingerprint density at radius 3 is 2.32 bits per heavy atom. The fourth-order valence-corrected chi connectivity index (χ4v) is 4.30. The maximum Gasteiger partial charge on any atom is 0.327 e. The van der Waals surface area contributed by atoms with E-state index in [4.69, 9.17) is 14.5 Å². The van der Waals surface area contributed by atoms with Crippen molar-refractivity contribution in [3.8, 4) is 11.3 Å². The molecule has 2 aromatic carbocycles. The van der Waals surface area contributed by atoms with Gasteiger partial charge in [0.25, 0.3) is 0 Å². The predicted molar refractivity (Wildman–Crippen MR) is 106 cm³/mol. The Morgan fingerprint density at radius 1 is 1.00 bits per heavy atom. The third kappa shape index (κ3) is 2.50. The summed E-state index contributed by atoms with van der Waals surface area (Å²) in [6, 6.07) is 15.9. The average Bonchev–Trinajstić information content (AvgIpc) is 2.75. The second-order valence-electron chi connectivity index (χ2n) is 7.07. The molecule has 1 aromatic heterocycles. The zero-order valence-corrected chi connectivity index (χ0v) is 16.1. The summed E-state index contributed by atoms with van der Waals surface area (Å²) in [4.78, 5) is 30.5. The van der Waals surface area contributed by atoms with Gasteiger partial charge in [0.05, 0.1) is 25.4 Å². The van der Waals surface area contributed by atoms with Crippen LogP contribution in [0, 0.1) is 6.92 Å². The van der Waals surface area contributed by atoms with Crippen LogP contribution in [-0.2, 0) is 30.9 Å². The third-order valence-electron chi connectivity index (χ3n) is 5.60. The summed E-state index contributed by atoms with van der Waals surface area (Å²) in [6.45, 7) is 1.90. The lowest BCUT2D eigenvalue weighted by Gasteiger charge is -2.35. The van der Waals surface area contributed by atoms with Crippen LogP contribution in [0.25, 0.3) is 22.2 Å². The van der Waals surface area contributed by atoms with Gasteiger partial charge in [-0.25, -0.2) is 4.98 Å². The molecule has 3 aromatic rings. The average molecular weight is 375 g/mol. The minimum Gasteiger partial charge on any atom is -0.468 e. The number of ether oxygens (including phenoxy) is 2. The summed E-state index contributed by atoms with van der Waals surface area (Å²) in [5.41, 5.74) is 3.77. The first kappa shape index (κ1) is 18.2. The zero-order valence-electron chi connectivity index (χ0n) is 16.1. The molecule has 1 aliphatic carbocycles. The van der Waals surface area contributed by atoms with Gasteiger partial charge in [-0.3, -0.25) is 9.59 Å². The number of aromatic nitrogens is 1. The molecule has 0 unspecified atom stereocenters. The van der Waals surface area contributed by atoms with Crippen molar-refractivity contribution in [2.45, 2.75) is 25.2 Å². The highest BCUT2D eigenvalue weighted by molar-refractivity contribution is 6.11. The highest BCUT2D eigenvalue weighted by Gasteiger charge is 2.53. The van der Waals surface area contributed by atoms with Crippen LogP contribution in [0.1, 0.15) is 23.1 Å². The fraction of sp³-hybridized carbons (Fsp3) is 0.261. The number of esters is 2. The lowest BCUT2D eigenvalue weighted by Crippen LogP contribution is -2.48. The molecule has 0 fully saturated rings. The summed E-state index contributed by atoms with van der Waals surface area (Å²) in [7, 11) is 2.60. The fourth-order valence-electron chi connectivity index (χ4n) is 4.30. The van der Waals surface area contributed by atoms with Gasteiger partial charge in [0.15, 0.2) is 5.41 Å². The van der Waals surface area contributed by atoms with Gasteiger partial charge in [-0.15, -0.1) is 0 Å². The summed E-state index contributed by atoms with van der Waals surface area (Å²) in [5, 5.41) is 0.849. The van der Waals surface area contributed by atoms with Gasteiger partial charge in [-0.05, 0) is 48.6 Å². The third-order valence-corrected chi connectivity index (χ3v) is 5.60. The van der Waals surface area contributed by atoms with Crippen molar-refractivity contribution in [1.82, 2.24) is 4.98 Å². The number of benzene rings is 2. The molecule has 0 aliphatic heterocycles. The van der Waals surface area contributed by atoms with E-state index in [9.17, 15) is 9.59 Å². The standard InChI is InChI=1S/C23H21NO4/c1-14-9-10-17-19-16(13-18(24-17)15-7-5-4-6-8-15)11-12-23(20(14)19,21(25)27-2)22(26)28-3/h4-10,13H,11-12H2,1-3H3. The number of carbonyl (C=O) groups is 2. The van der Waals surface area contributed by atoms with Gasteiger partial charge in [0, 0.05) is 10.9 Å². The van der Waals surface area contributed by atoms with Crippen LogP contribution in [0.2, 0.25) is 0 Å². The van der Waals surface area contributed by atoms with Crippen LogP contribution in [0.5, 0.6) is 0 Å². The molecule has 142 valence electrons. The molecule has 0 N–H and O–H groups in total. The van der Waals surface area contributed by atoms with Crippen molar-refractivity contribution in [3.05, 3.63) is 65.2 Å². The van der Waals surface area contributed by atoms with Gasteiger partial charge in [-0.2, -0.15) is 0 Å². The Kier molecular flexibility index (Phi) is 4.38. The predicted octanol–water partition coefficient (Wildman–Crippen LogP) is 3.74. The molecule has 0 saturated carbocycles. The van der Waals surface area contributed by atoms with Crippen molar-refractivity contribution in [2.75, 3.05) is 14.2 Å². The molecule has 4 rings (SSSR count). The monoisotopic (exact) mass is 375 g/mol. The molecule has 1 aliphatic rings. The van der Waals surface area contributed by atoms with Crippen molar-refractivity contribution in [2.24, 2.45) is 0 Å². The quantitative estimate of drug-likeness (QED) is 0.515. The molecule has 0 saturated heterocycles. The SMILES string of the molecule is COC(=O)C1(C(=O)OC)CCc2cc(-c3ccccc3)nc3ccc(C)c1c23. The topological polar surface area (TPSA) is 65.5 Å². The summed E-state index contributed by atoms with van der Waals surface area (Å²) in [6.07, 6.45) is 0.858. The lowest BCUT2D eigenvalue weighted by atomic mass is 9.68. The van der Waals surface area contributed by atoms with E-state index < -0.39 is 17.4 Å². The van der Waals surface area contributed by atoms with E-state index in [1.807, 2.05) is 49.4 Å². The highest BCUT2D eigenvalue weighted by atomic mass is 16.5. The van der Waals surface area contributed by atoms with Crippen LogP contribution in [0.4, 0.5) is 0 Å². The summed E-state index contributed by atoms with van der Waals surface area (Å²) < 4.78 is 10.1. The molecule has 1 heterocycles. The smallest absolute Gasteiger partial charge is 0.327 e. The first-order valence-corrected chi connectivity index (χ1v) is 9.19. The maximum absolute atomic E-state index is 12.8. The van der Waals surface area contributed by atoms with Crippen LogP contribution < -0.4 is 0 Å². The van der Waals surface area contributed by atoms with Gasteiger partial charge < -0.3 is 9.47 Å². The number of rotatable bonds is 3. The normalized spacial score (nSPS) is 14.5.